The molecule has 28 heavy (non-hydrogen) atoms. The van der Waals surface area contributed by atoms with Crippen molar-refractivity contribution in [1.82, 2.24) is 9.88 Å². The molecule has 6 heteroatoms. The van der Waals surface area contributed by atoms with Crippen LogP contribution in [0.4, 0.5) is 0 Å². The highest BCUT2D eigenvalue weighted by Crippen LogP contribution is 2.43. The number of rotatable bonds is 4. The van der Waals surface area contributed by atoms with Crippen molar-refractivity contribution in [2.24, 2.45) is 0 Å². The standard InChI is InChI=1S/C22H19ClN2O2S/c1-3-21(26)25-12-18(17-11-20(23)28-19(17)13-25)15-8-5-4-7-14(15)16-9-6-10-24-22(16)27-2/h3-11,18H,1,12-13H2,2H3/t18-/m0/s1. The molecule has 0 spiro atoms. The number of aromatic nitrogens is 1. The molecule has 4 nitrogen and oxygen atoms in total. The summed E-state index contributed by atoms with van der Waals surface area (Å²) in [5, 5.41) is 0. The summed E-state index contributed by atoms with van der Waals surface area (Å²) in [6.07, 6.45) is 3.08. The minimum atomic E-state index is -0.0726. The minimum Gasteiger partial charge on any atom is -0.481 e. The molecule has 142 valence electrons. The first-order valence-electron chi connectivity index (χ1n) is 8.90. The molecule has 0 radical (unpaired) electrons. The van der Waals surface area contributed by atoms with Crippen LogP contribution in [0.3, 0.4) is 0 Å². The average Bonchev–Trinajstić information content (AvgIpc) is 3.12. The number of hydrogen-bond donors (Lipinski definition) is 0. The SMILES string of the molecule is C=CC(=O)N1Cc2sc(Cl)cc2[C@H](c2ccccc2-c2cccnc2OC)C1. The van der Waals surface area contributed by atoms with E-state index in [-0.39, 0.29) is 11.8 Å². The Hall–Kier alpha value is -2.63. The molecular weight excluding hydrogens is 392 g/mol. The molecule has 3 heterocycles. The summed E-state index contributed by atoms with van der Waals surface area (Å²) in [5.41, 5.74) is 4.26. The number of carbonyl (C=O) groups is 1. The number of fused-ring (bicyclic) bond motifs is 1. The first kappa shape index (κ1) is 18.7. The van der Waals surface area contributed by atoms with Crippen LogP contribution in [-0.4, -0.2) is 29.4 Å². The van der Waals surface area contributed by atoms with E-state index >= 15 is 0 Å². The number of methoxy groups -OCH3 is 1. The number of carbonyl (C=O) groups excluding carboxylic acids is 1. The van der Waals surface area contributed by atoms with Gasteiger partial charge in [-0.1, -0.05) is 42.4 Å². The predicted molar refractivity (Wildman–Crippen MR) is 113 cm³/mol. The molecule has 0 saturated carbocycles. The predicted octanol–water partition coefficient (Wildman–Crippen LogP) is 5.13. The molecule has 0 aliphatic carbocycles. The average molecular weight is 411 g/mol. The highest BCUT2D eigenvalue weighted by molar-refractivity contribution is 7.16. The first-order chi connectivity index (χ1) is 13.6. The Bertz CT molecular complexity index is 1050. The topological polar surface area (TPSA) is 42.4 Å². The third-order valence-electron chi connectivity index (χ3n) is 5.00. The second-order valence-corrected chi connectivity index (χ2v) is 8.32. The molecule has 1 aliphatic heterocycles. The molecule has 0 saturated heterocycles. The highest BCUT2D eigenvalue weighted by atomic mass is 35.5. The van der Waals surface area contributed by atoms with E-state index in [0.29, 0.717) is 19.0 Å². The van der Waals surface area contributed by atoms with E-state index < -0.39 is 0 Å². The van der Waals surface area contributed by atoms with Crippen LogP contribution in [0.25, 0.3) is 11.1 Å². The maximum atomic E-state index is 12.4. The van der Waals surface area contributed by atoms with Gasteiger partial charge in [-0.3, -0.25) is 4.79 Å². The molecule has 0 fully saturated rings. The Morgan fingerprint density at radius 2 is 2.07 bits per heavy atom. The van der Waals surface area contributed by atoms with E-state index in [1.807, 2.05) is 35.2 Å². The summed E-state index contributed by atoms with van der Waals surface area (Å²) < 4.78 is 6.22. The van der Waals surface area contributed by atoms with Crippen molar-refractivity contribution >= 4 is 28.8 Å². The van der Waals surface area contributed by atoms with Crippen molar-refractivity contribution in [3.63, 3.8) is 0 Å². The zero-order valence-electron chi connectivity index (χ0n) is 15.4. The van der Waals surface area contributed by atoms with Gasteiger partial charge in [-0.15, -0.1) is 11.3 Å². The van der Waals surface area contributed by atoms with Crippen molar-refractivity contribution in [3.05, 3.63) is 81.7 Å². The van der Waals surface area contributed by atoms with Crippen LogP contribution in [0.15, 0.2) is 61.3 Å². The van der Waals surface area contributed by atoms with E-state index in [0.717, 1.165) is 25.9 Å². The Labute approximate surface area is 173 Å². The molecule has 0 unspecified atom stereocenters. The number of nitrogens with zero attached hydrogens (tertiary/aromatic N) is 2. The van der Waals surface area contributed by atoms with Crippen LogP contribution in [0.1, 0.15) is 21.9 Å². The van der Waals surface area contributed by atoms with Gasteiger partial charge >= 0.3 is 0 Å². The third-order valence-corrected chi connectivity index (χ3v) is 6.27. The first-order valence-corrected chi connectivity index (χ1v) is 10.1. The van der Waals surface area contributed by atoms with Gasteiger partial charge in [0.25, 0.3) is 0 Å². The number of hydrogen-bond acceptors (Lipinski definition) is 4. The van der Waals surface area contributed by atoms with Crippen LogP contribution in [-0.2, 0) is 11.3 Å². The van der Waals surface area contributed by atoms with Crippen LogP contribution >= 0.6 is 22.9 Å². The van der Waals surface area contributed by atoms with Gasteiger partial charge in [0.2, 0.25) is 11.8 Å². The fourth-order valence-corrected chi connectivity index (χ4v) is 5.11. The van der Waals surface area contributed by atoms with E-state index in [1.165, 1.54) is 23.0 Å². The number of halogens is 1. The van der Waals surface area contributed by atoms with Crippen molar-refractivity contribution in [2.75, 3.05) is 13.7 Å². The lowest BCUT2D eigenvalue weighted by Crippen LogP contribution is -2.37. The largest absolute Gasteiger partial charge is 0.481 e. The summed E-state index contributed by atoms with van der Waals surface area (Å²) in [6.45, 7) is 4.78. The lowest BCUT2D eigenvalue weighted by atomic mass is 9.84. The van der Waals surface area contributed by atoms with E-state index in [2.05, 4.69) is 23.7 Å². The third kappa shape index (κ3) is 3.32. The number of pyridine rings is 1. The van der Waals surface area contributed by atoms with Gasteiger partial charge < -0.3 is 9.64 Å². The number of thiophene rings is 1. The summed E-state index contributed by atoms with van der Waals surface area (Å²) in [5.74, 6) is 0.516. The second-order valence-electron chi connectivity index (χ2n) is 6.55. The zero-order valence-corrected chi connectivity index (χ0v) is 17.0. The monoisotopic (exact) mass is 410 g/mol. The quantitative estimate of drug-likeness (QED) is 0.560. The van der Waals surface area contributed by atoms with Gasteiger partial charge in [-0.2, -0.15) is 0 Å². The molecule has 3 aromatic rings. The fourth-order valence-electron chi connectivity index (χ4n) is 3.75. The minimum absolute atomic E-state index is 0.0116. The van der Waals surface area contributed by atoms with Crippen molar-refractivity contribution in [3.8, 4) is 17.0 Å². The summed E-state index contributed by atoms with van der Waals surface area (Å²) in [6, 6.07) is 14.1. The molecule has 1 atom stereocenters. The molecule has 4 rings (SSSR count). The van der Waals surface area contributed by atoms with E-state index in [1.54, 1.807) is 13.3 Å². The van der Waals surface area contributed by atoms with E-state index in [4.69, 9.17) is 16.3 Å². The van der Waals surface area contributed by atoms with Crippen LogP contribution in [0, 0.1) is 0 Å². The molecule has 0 N–H and O–H groups in total. The van der Waals surface area contributed by atoms with Crippen molar-refractivity contribution in [1.29, 1.82) is 0 Å². The highest BCUT2D eigenvalue weighted by Gasteiger charge is 2.32. The normalized spacial score (nSPS) is 15.8. The van der Waals surface area contributed by atoms with Crippen LogP contribution in [0.5, 0.6) is 5.88 Å². The van der Waals surface area contributed by atoms with Gasteiger partial charge in [0, 0.05) is 29.1 Å². The van der Waals surface area contributed by atoms with Crippen LogP contribution in [0.2, 0.25) is 4.34 Å². The van der Waals surface area contributed by atoms with Crippen LogP contribution < -0.4 is 4.74 Å². The smallest absolute Gasteiger partial charge is 0.246 e. The van der Waals surface area contributed by atoms with Gasteiger partial charge in [-0.05, 0) is 41.0 Å². The molecule has 0 bridgehead atoms. The maximum absolute atomic E-state index is 12.4. The summed E-state index contributed by atoms with van der Waals surface area (Å²) in [7, 11) is 1.62. The summed E-state index contributed by atoms with van der Waals surface area (Å²) in [4.78, 5) is 19.6. The van der Waals surface area contributed by atoms with Gasteiger partial charge in [0.1, 0.15) is 0 Å². The lowest BCUT2D eigenvalue weighted by Gasteiger charge is -2.33. The Kier molecular flexibility index (Phi) is 5.20. The maximum Gasteiger partial charge on any atom is 0.246 e. The summed E-state index contributed by atoms with van der Waals surface area (Å²) >= 11 is 7.86. The number of ether oxygens (including phenoxy) is 1. The molecule has 1 amide bonds. The second kappa shape index (κ2) is 7.78. The molecule has 1 aliphatic rings. The number of amides is 1. The molecular formula is C22H19ClN2O2S. The lowest BCUT2D eigenvalue weighted by molar-refractivity contribution is -0.127. The Morgan fingerprint density at radius 1 is 1.29 bits per heavy atom. The Morgan fingerprint density at radius 3 is 2.86 bits per heavy atom. The Balaban J connectivity index is 1.87. The van der Waals surface area contributed by atoms with E-state index in [9.17, 15) is 4.79 Å². The zero-order chi connectivity index (χ0) is 19.7. The molecule has 2 aromatic heterocycles. The van der Waals surface area contributed by atoms with Gasteiger partial charge in [0.15, 0.2) is 0 Å². The van der Waals surface area contributed by atoms with Gasteiger partial charge in [-0.25, -0.2) is 4.98 Å². The van der Waals surface area contributed by atoms with Gasteiger partial charge in [0.05, 0.1) is 18.0 Å². The fraction of sp³-hybridized carbons (Fsp3) is 0.182. The molecule has 1 aromatic carbocycles. The van der Waals surface area contributed by atoms with Crippen molar-refractivity contribution < 1.29 is 9.53 Å². The van der Waals surface area contributed by atoms with Crippen molar-refractivity contribution in [2.45, 2.75) is 12.5 Å². The number of benzene rings is 1.